The van der Waals surface area contributed by atoms with Gasteiger partial charge in [0.25, 0.3) is 11.8 Å². The van der Waals surface area contributed by atoms with Gasteiger partial charge in [0.1, 0.15) is 29.5 Å². The number of anilines is 1. The molecule has 0 radical (unpaired) electrons. The summed E-state index contributed by atoms with van der Waals surface area (Å²) in [6.07, 6.45) is -0.672. The fraction of sp³-hybridized carbons (Fsp3) is 0.381. The molecule has 0 aliphatic heterocycles. The van der Waals surface area contributed by atoms with Crippen LogP contribution in [0.4, 0.5) is 15.3 Å². The third-order valence-electron chi connectivity index (χ3n) is 8.16. The quantitative estimate of drug-likeness (QED) is 0.0465. The number of amidine groups is 1. The van der Waals surface area contributed by atoms with Crippen molar-refractivity contribution in [2.45, 2.75) is 78.8 Å². The first kappa shape index (κ1) is 44.9. The van der Waals surface area contributed by atoms with Crippen molar-refractivity contribution in [3.05, 3.63) is 83.2 Å². The lowest BCUT2D eigenvalue weighted by atomic mass is 9.94. The molecule has 314 valence electrons. The molecule has 17 heteroatoms. The topological polar surface area (TPSA) is 233 Å². The zero-order valence-electron chi connectivity index (χ0n) is 34.0. The number of esters is 2. The number of pyridine rings is 1. The molecule has 1 heterocycles. The van der Waals surface area contributed by atoms with Crippen LogP contribution in [-0.2, 0) is 28.5 Å². The summed E-state index contributed by atoms with van der Waals surface area (Å²) in [5.41, 5.74) is 6.28. The van der Waals surface area contributed by atoms with Gasteiger partial charge in [-0.3, -0.25) is 14.4 Å². The van der Waals surface area contributed by atoms with E-state index in [0.29, 0.717) is 35.0 Å². The number of carbonyl (C=O) groups is 6. The van der Waals surface area contributed by atoms with E-state index in [1.165, 1.54) is 68.6 Å². The third kappa shape index (κ3) is 13.7. The molecule has 0 saturated heterocycles. The standard InChI is InChI=1S/C42H49N5O12/c1-9-26-20-31(37(49)45-28-14-12-27(13-15-28)36(43)47-40(52)55-19-18-34(48)59-42(5,6)7)30(21-33(26)54-8)29-16-17-32(38(50)44-22-25-10-11-25)46-35(29)39(51)57-24(4)58-41(53)56-23(2)3/h9,12-17,20-21,23-25H,1,10-11,18-19,22H2,2-8H3,(H,44,50)(H,45,49)(H2,43,47,52). The maximum atomic E-state index is 14.1. The number of nitrogens with zero attached hydrogens (tertiary/aromatic N) is 2. The van der Waals surface area contributed by atoms with E-state index in [1.54, 1.807) is 34.6 Å². The lowest BCUT2D eigenvalue weighted by Gasteiger charge is -2.19. The molecule has 4 N–H and O–H groups in total. The number of methoxy groups -OCH3 is 1. The fourth-order valence-electron chi connectivity index (χ4n) is 5.27. The molecule has 3 aromatic rings. The summed E-state index contributed by atoms with van der Waals surface area (Å²) in [4.78, 5) is 85.2. The monoisotopic (exact) mass is 815 g/mol. The van der Waals surface area contributed by atoms with Gasteiger partial charge in [-0.25, -0.2) is 19.4 Å². The van der Waals surface area contributed by atoms with Crippen molar-refractivity contribution in [2.75, 3.05) is 25.6 Å². The third-order valence-corrected chi connectivity index (χ3v) is 8.16. The van der Waals surface area contributed by atoms with E-state index in [0.717, 1.165) is 12.8 Å². The van der Waals surface area contributed by atoms with Crippen LogP contribution < -0.4 is 21.1 Å². The number of ether oxygens (including phenoxy) is 6. The molecule has 1 aliphatic rings. The zero-order valence-corrected chi connectivity index (χ0v) is 34.0. The van der Waals surface area contributed by atoms with Crippen molar-refractivity contribution in [3.63, 3.8) is 0 Å². The largest absolute Gasteiger partial charge is 0.511 e. The number of aromatic nitrogens is 1. The van der Waals surface area contributed by atoms with E-state index in [-0.39, 0.29) is 46.9 Å². The highest BCUT2D eigenvalue weighted by Crippen LogP contribution is 2.35. The van der Waals surface area contributed by atoms with Crippen LogP contribution in [0.1, 0.15) is 103 Å². The van der Waals surface area contributed by atoms with E-state index in [4.69, 9.17) is 34.2 Å². The Morgan fingerprint density at radius 2 is 1.64 bits per heavy atom. The highest BCUT2D eigenvalue weighted by Gasteiger charge is 2.28. The molecule has 2 aromatic carbocycles. The van der Waals surface area contributed by atoms with Crippen molar-refractivity contribution in [1.29, 1.82) is 0 Å². The molecule has 4 rings (SSSR count). The van der Waals surface area contributed by atoms with Gasteiger partial charge in [-0.1, -0.05) is 12.7 Å². The summed E-state index contributed by atoms with van der Waals surface area (Å²) in [5, 5.41) is 5.61. The Hall–Kier alpha value is -6.78. The molecule has 1 aromatic heterocycles. The summed E-state index contributed by atoms with van der Waals surface area (Å²) in [6.45, 7) is 13.7. The van der Waals surface area contributed by atoms with Crippen LogP contribution in [0, 0.1) is 5.92 Å². The Bertz CT molecular complexity index is 2100. The Labute approximate surface area is 341 Å². The van der Waals surface area contributed by atoms with Crippen LogP contribution in [-0.4, -0.2) is 85.1 Å². The van der Waals surface area contributed by atoms with E-state index < -0.39 is 54.0 Å². The number of amides is 3. The number of benzene rings is 2. The van der Waals surface area contributed by atoms with E-state index >= 15 is 0 Å². The van der Waals surface area contributed by atoms with Crippen molar-refractivity contribution in [3.8, 4) is 16.9 Å². The van der Waals surface area contributed by atoms with Gasteiger partial charge in [0.05, 0.1) is 19.6 Å². The molecule has 1 fully saturated rings. The van der Waals surface area contributed by atoms with Crippen molar-refractivity contribution in [1.82, 2.24) is 10.3 Å². The molecule has 1 aliphatic carbocycles. The first-order valence-corrected chi connectivity index (χ1v) is 18.7. The van der Waals surface area contributed by atoms with Gasteiger partial charge >= 0.3 is 24.2 Å². The maximum absolute atomic E-state index is 14.1. The molecule has 0 spiro atoms. The number of hydrogen-bond donors (Lipinski definition) is 3. The number of hydrogen-bond acceptors (Lipinski definition) is 13. The van der Waals surface area contributed by atoms with Crippen LogP contribution in [0.3, 0.4) is 0 Å². The zero-order chi connectivity index (χ0) is 43.4. The van der Waals surface area contributed by atoms with Crippen molar-refractivity contribution < 1.29 is 57.2 Å². The second-order valence-electron chi connectivity index (χ2n) is 14.6. The summed E-state index contributed by atoms with van der Waals surface area (Å²) in [5.74, 6) is -2.26. The molecule has 1 unspecified atom stereocenters. The van der Waals surface area contributed by atoms with Crippen LogP contribution in [0.15, 0.2) is 60.1 Å². The highest BCUT2D eigenvalue weighted by molar-refractivity contribution is 6.11. The number of aliphatic imine (C=N–C) groups is 1. The molecular formula is C42H49N5O12. The molecular weight excluding hydrogens is 766 g/mol. The average Bonchev–Trinajstić information content (AvgIpc) is 4.00. The summed E-state index contributed by atoms with van der Waals surface area (Å²) >= 11 is 0. The Balaban J connectivity index is 1.62. The normalized spacial score (nSPS) is 13.1. The Kier molecular flexibility index (Phi) is 15.3. The maximum Gasteiger partial charge on any atom is 0.511 e. The fourth-order valence-corrected chi connectivity index (χ4v) is 5.27. The first-order chi connectivity index (χ1) is 27.9. The van der Waals surface area contributed by atoms with Crippen LogP contribution in [0.5, 0.6) is 5.75 Å². The predicted octanol–water partition coefficient (Wildman–Crippen LogP) is 6.43. The van der Waals surface area contributed by atoms with Gasteiger partial charge in [0.15, 0.2) is 5.69 Å². The minimum Gasteiger partial charge on any atom is -0.496 e. The van der Waals surface area contributed by atoms with Gasteiger partial charge in [-0.05, 0) is 102 Å². The summed E-state index contributed by atoms with van der Waals surface area (Å²) in [7, 11) is 1.42. The number of nitrogens with two attached hydrogens (primary N) is 1. The van der Waals surface area contributed by atoms with Gasteiger partial charge < -0.3 is 44.8 Å². The molecule has 1 saturated carbocycles. The Morgan fingerprint density at radius 3 is 2.25 bits per heavy atom. The minimum absolute atomic E-state index is 0.0478. The summed E-state index contributed by atoms with van der Waals surface area (Å²) in [6, 6.07) is 11.9. The Morgan fingerprint density at radius 1 is 0.949 bits per heavy atom. The van der Waals surface area contributed by atoms with E-state index in [2.05, 4.69) is 27.2 Å². The van der Waals surface area contributed by atoms with Gasteiger partial charge in [-0.15, -0.1) is 0 Å². The van der Waals surface area contributed by atoms with Gasteiger partial charge in [0, 0.05) is 47.0 Å². The van der Waals surface area contributed by atoms with Crippen molar-refractivity contribution in [2.24, 2.45) is 16.6 Å². The number of nitrogens with one attached hydrogen (secondary N) is 2. The molecule has 3 amide bonds. The minimum atomic E-state index is -1.42. The van der Waals surface area contributed by atoms with E-state index in [1.807, 2.05) is 0 Å². The van der Waals surface area contributed by atoms with Gasteiger partial charge in [-0.2, -0.15) is 4.99 Å². The van der Waals surface area contributed by atoms with Gasteiger partial charge in [0.2, 0.25) is 6.29 Å². The smallest absolute Gasteiger partial charge is 0.496 e. The second kappa shape index (κ2) is 20.1. The lowest BCUT2D eigenvalue weighted by Crippen LogP contribution is -2.28. The van der Waals surface area contributed by atoms with Crippen molar-refractivity contribution >= 4 is 53.6 Å². The molecule has 17 nitrogen and oxygen atoms in total. The number of rotatable bonds is 16. The highest BCUT2D eigenvalue weighted by atomic mass is 16.8. The molecule has 59 heavy (non-hydrogen) atoms. The van der Waals surface area contributed by atoms with Crippen LogP contribution >= 0.6 is 0 Å². The van der Waals surface area contributed by atoms with E-state index in [9.17, 15) is 28.8 Å². The average molecular weight is 816 g/mol. The lowest BCUT2D eigenvalue weighted by molar-refractivity contribution is -0.155. The molecule has 0 bridgehead atoms. The predicted molar refractivity (Wildman–Crippen MR) is 216 cm³/mol. The van der Waals surface area contributed by atoms with Crippen LogP contribution in [0.25, 0.3) is 17.2 Å². The molecule has 1 atom stereocenters. The first-order valence-electron chi connectivity index (χ1n) is 18.7. The summed E-state index contributed by atoms with van der Waals surface area (Å²) < 4.78 is 31.2. The number of carbonyl (C=O) groups excluding carboxylic acids is 6. The van der Waals surface area contributed by atoms with Crippen LogP contribution in [0.2, 0.25) is 0 Å². The SMILES string of the molecule is C=Cc1cc(C(=O)Nc2ccc(C(N)=NC(=O)OCCC(=O)OC(C)(C)C)cc2)c(-c2ccc(C(=O)NCC3CC3)nc2C(=O)OC(C)OC(=O)OC(C)C)cc1OC. The second-order valence-corrected chi connectivity index (χ2v) is 14.6.